The smallest absolute Gasteiger partial charge is 0.221 e. The molecule has 1 amide bonds. The van der Waals surface area contributed by atoms with E-state index in [0.29, 0.717) is 13.0 Å². The van der Waals surface area contributed by atoms with Crippen LogP contribution in [0.25, 0.3) is 11.7 Å². The highest BCUT2D eigenvalue weighted by Crippen LogP contribution is 2.29. The normalized spacial score (nSPS) is 18.4. The molecule has 1 aliphatic rings. The highest BCUT2D eigenvalue weighted by molar-refractivity contribution is 5.78. The van der Waals surface area contributed by atoms with Crippen LogP contribution < -0.4 is 5.32 Å². The summed E-state index contributed by atoms with van der Waals surface area (Å²) in [6.07, 6.45) is 7.97. The van der Waals surface area contributed by atoms with Crippen molar-refractivity contribution in [3.05, 3.63) is 66.0 Å². The number of allylic oxidation sites excluding steroid dienone is 1. The Balaban J connectivity index is 1.81. The Bertz CT molecular complexity index is 846. The van der Waals surface area contributed by atoms with Crippen molar-refractivity contribution in [2.45, 2.75) is 18.9 Å². The number of amides is 1. The van der Waals surface area contributed by atoms with Gasteiger partial charge in [0, 0.05) is 18.5 Å². The Hall–Kier alpha value is -2.82. The predicted octanol–water partition coefficient (Wildman–Crippen LogP) is 2.74. The van der Waals surface area contributed by atoms with E-state index in [4.69, 9.17) is 4.42 Å². The topological polar surface area (TPSA) is 59.5 Å². The van der Waals surface area contributed by atoms with Crippen LogP contribution in [0.15, 0.2) is 53.3 Å². The molecule has 1 atom stereocenters. The Morgan fingerprint density at radius 3 is 3.14 bits per heavy atom. The summed E-state index contributed by atoms with van der Waals surface area (Å²) in [6.45, 7) is 0.473. The molecule has 5 nitrogen and oxygen atoms in total. The average molecular weight is 293 g/mol. The molecule has 22 heavy (non-hydrogen) atoms. The van der Waals surface area contributed by atoms with Crippen molar-refractivity contribution in [1.82, 2.24) is 14.7 Å². The minimum Gasteiger partial charge on any atom is -0.465 e. The number of hydrogen-bond acceptors (Lipinski definition) is 3. The molecule has 0 aromatic carbocycles. The van der Waals surface area contributed by atoms with Gasteiger partial charge in [-0.05, 0) is 30.3 Å². The van der Waals surface area contributed by atoms with Gasteiger partial charge < -0.3 is 14.1 Å². The van der Waals surface area contributed by atoms with Gasteiger partial charge in [0.05, 0.1) is 24.2 Å². The number of aromatic nitrogens is 2. The fraction of sp³-hybridized carbons (Fsp3) is 0.176. The van der Waals surface area contributed by atoms with Gasteiger partial charge in [0.2, 0.25) is 5.91 Å². The molecule has 0 bridgehead atoms. The van der Waals surface area contributed by atoms with Gasteiger partial charge in [-0.15, -0.1) is 0 Å². The lowest BCUT2D eigenvalue weighted by Gasteiger charge is -2.10. The monoisotopic (exact) mass is 293 g/mol. The van der Waals surface area contributed by atoms with Crippen LogP contribution in [0, 0.1) is 0 Å². The van der Waals surface area contributed by atoms with Crippen LogP contribution in [-0.2, 0) is 11.3 Å². The first-order valence-corrected chi connectivity index (χ1v) is 7.25. The fourth-order valence-corrected chi connectivity index (χ4v) is 2.89. The van der Waals surface area contributed by atoms with Gasteiger partial charge in [-0.3, -0.25) is 4.79 Å². The van der Waals surface area contributed by atoms with E-state index >= 15 is 0 Å². The van der Waals surface area contributed by atoms with Crippen LogP contribution in [0.5, 0.6) is 0 Å². The second-order valence-electron chi connectivity index (χ2n) is 5.33. The zero-order valence-corrected chi connectivity index (χ0v) is 11.9. The molecule has 1 aliphatic heterocycles. The molecule has 4 rings (SSSR count). The minimum absolute atomic E-state index is 0.0278. The molecule has 0 unspecified atom stereocenters. The van der Waals surface area contributed by atoms with E-state index in [0.717, 1.165) is 22.8 Å². The molecule has 3 aromatic heterocycles. The molecular formula is C17H15N3O2. The quantitative estimate of drug-likeness (QED) is 0.790. The van der Waals surface area contributed by atoms with Gasteiger partial charge in [0.1, 0.15) is 11.4 Å². The summed E-state index contributed by atoms with van der Waals surface area (Å²) in [7, 11) is 0. The van der Waals surface area contributed by atoms with Crippen molar-refractivity contribution in [2.24, 2.45) is 0 Å². The van der Waals surface area contributed by atoms with E-state index in [2.05, 4.69) is 14.7 Å². The van der Waals surface area contributed by atoms with E-state index < -0.39 is 0 Å². The first-order valence-electron chi connectivity index (χ1n) is 7.25. The number of hydrogen-bond donors (Lipinski definition) is 1. The molecule has 0 spiro atoms. The number of nitrogens with zero attached hydrogens (tertiary/aromatic N) is 2. The molecule has 5 heteroatoms. The highest BCUT2D eigenvalue weighted by atomic mass is 16.3. The molecule has 4 heterocycles. The molecule has 0 saturated heterocycles. The lowest BCUT2D eigenvalue weighted by atomic mass is 9.99. The van der Waals surface area contributed by atoms with Crippen LogP contribution in [0.3, 0.4) is 0 Å². The number of fused-ring (bicyclic) bond motifs is 3. The number of carbonyl (C=O) groups excluding carboxylic acids is 1. The number of pyridine rings is 1. The lowest BCUT2D eigenvalue weighted by Crippen LogP contribution is -2.21. The summed E-state index contributed by atoms with van der Waals surface area (Å²) in [5, 5.41) is 2.91. The summed E-state index contributed by atoms with van der Waals surface area (Å²) in [5.41, 5.74) is 2.89. The van der Waals surface area contributed by atoms with Gasteiger partial charge in [-0.2, -0.15) is 0 Å². The SMILES string of the molecule is O=C1C[C@@H](/C=C/c2ccco2)c2c(nc3ccccn23)CN1. The summed E-state index contributed by atoms with van der Waals surface area (Å²) in [5.74, 6) is 0.789. The van der Waals surface area contributed by atoms with Gasteiger partial charge in [0.25, 0.3) is 0 Å². The predicted molar refractivity (Wildman–Crippen MR) is 82.1 cm³/mol. The largest absolute Gasteiger partial charge is 0.465 e. The van der Waals surface area contributed by atoms with E-state index in [1.807, 2.05) is 48.7 Å². The standard InChI is InChI=1S/C17H15N3O2/c21-16-10-12(6-7-13-4-3-9-22-13)17-14(11-18-16)19-15-5-1-2-8-20(15)17/h1-9,12H,10-11H2,(H,18,21)/b7-6+/t12-/m1/s1. The molecule has 0 saturated carbocycles. The maximum Gasteiger partial charge on any atom is 0.221 e. The maximum atomic E-state index is 12.0. The lowest BCUT2D eigenvalue weighted by molar-refractivity contribution is -0.121. The third-order valence-corrected chi connectivity index (χ3v) is 3.89. The molecule has 110 valence electrons. The van der Waals surface area contributed by atoms with Gasteiger partial charge in [-0.25, -0.2) is 4.98 Å². The van der Waals surface area contributed by atoms with E-state index in [1.54, 1.807) is 6.26 Å². The second-order valence-corrected chi connectivity index (χ2v) is 5.33. The van der Waals surface area contributed by atoms with E-state index in [1.165, 1.54) is 0 Å². The zero-order valence-electron chi connectivity index (χ0n) is 11.9. The van der Waals surface area contributed by atoms with Crippen molar-refractivity contribution in [1.29, 1.82) is 0 Å². The number of carbonyl (C=O) groups is 1. The first-order chi connectivity index (χ1) is 10.8. The van der Waals surface area contributed by atoms with Crippen molar-refractivity contribution in [2.75, 3.05) is 0 Å². The molecule has 0 radical (unpaired) electrons. The third-order valence-electron chi connectivity index (χ3n) is 3.89. The summed E-state index contributed by atoms with van der Waals surface area (Å²) >= 11 is 0. The van der Waals surface area contributed by atoms with Gasteiger partial charge in [-0.1, -0.05) is 12.1 Å². The zero-order chi connectivity index (χ0) is 14.9. The Morgan fingerprint density at radius 2 is 2.27 bits per heavy atom. The van der Waals surface area contributed by atoms with Crippen LogP contribution in [-0.4, -0.2) is 15.3 Å². The molecule has 1 N–H and O–H groups in total. The van der Waals surface area contributed by atoms with E-state index in [9.17, 15) is 4.79 Å². The summed E-state index contributed by atoms with van der Waals surface area (Å²) in [6, 6.07) is 9.65. The number of furan rings is 1. The van der Waals surface area contributed by atoms with Crippen LogP contribution >= 0.6 is 0 Å². The van der Waals surface area contributed by atoms with Crippen molar-refractivity contribution >= 4 is 17.6 Å². The first kappa shape index (κ1) is 12.9. The third kappa shape index (κ3) is 2.20. The maximum absolute atomic E-state index is 12.0. The summed E-state index contributed by atoms with van der Waals surface area (Å²) < 4.78 is 7.39. The van der Waals surface area contributed by atoms with E-state index in [-0.39, 0.29) is 11.8 Å². The minimum atomic E-state index is -0.0278. The summed E-state index contributed by atoms with van der Waals surface area (Å²) in [4.78, 5) is 16.6. The van der Waals surface area contributed by atoms with Crippen LogP contribution in [0.1, 0.15) is 29.5 Å². The van der Waals surface area contributed by atoms with Crippen molar-refractivity contribution in [3.8, 4) is 0 Å². The van der Waals surface area contributed by atoms with Crippen LogP contribution in [0.4, 0.5) is 0 Å². The van der Waals surface area contributed by atoms with Crippen molar-refractivity contribution < 1.29 is 9.21 Å². The fourth-order valence-electron chi connectivity index (χ4n) is 2.89. The van der Waals surface area contributed by atoms with Crippen molar-refractivity contribution in [3.63, 3.8) is 0 Å². The van der Waals surface area contributed by atoms with Crippen LogP contribution in [0.2, 0.25) is 0 Å². The van der Waals surface area contributed by atoms with Gasteiger partial charge >= 0.3 is 0 Å². The Kier molecular flexibility index (Phi) is 3.04. The second kappa shape index (κ2) is 5.18. The highest BCUT2D eigenvalue weighted by Gasteiger charge is 2.25. The molecule has 0 aliphatic carbocycles. The molecule has 0 fully saturated rings. The average Bonchev–Trinajstić information content (AvgIpc) is 3.13. The molecule has 3 aromatic rings. The number of imidazole rings is 1. The Labute approximate surface area is 127 Å². The number of nitrogens with one attached hydrogen (secondary N) is 1. The Morgan fingerprint density at radius 1 is 1.32 bits per heavy atom. The number of rotatable bonds is 2. The van der Waals surface area contributed by atoms with Gasteiger partial charge in [0.15, 0.2) is 0 Å². The molecular weight excluding hydrogens is 278 g/mol.